The first-order valence-electron chi connectivity index (χ1n) is 31.9. The van der Waals surface area contributed by atoms with Gasteiger partial charge in [0, 0.05) is 125 Å². The lowest BCUT2D eigenvalue weighted by molar-refractivity contribution is -0.129. The first-order valence-corrected chi connectivity index (χ1v) is 34.0. The molecular weight excluding hydrogens is 1140 g/mol. The molecule has 1 aromatic rings. The number of fused-ring (bicyclic) bond motifs is 2. The van der Waals surface area contributed by atoms with Crippen LogP contribution in [0.4, 0.5) is 27.4 Å². The zero-order chi connectivity index (χ0) is 61.0. The van der Waals surface area contributed by atoms with Crippen molar-refractivity contribution in [1.29, 1.82) is 0 Å². The van der Waals surface area contributed by atoms with Gasteiger partial charge in [-0.2, -0.15) is 38.5 Å². The summed E-state index contributed by atoms with van der Waals surface area (Å²) in [5.74, 6) is 2.68. The minimum Gasteiger partial charge on any atom is -0.356 e. The molecule has 0 spiro atoms. The number of rotatable bonds is 32. The van der Waals surface area contributed by atoms with Gasteiger partial charge in [0.05, 0.1) is 24.2 Å². The molecule has 8 heterocycles. The number of aromatic nitrogens is 3. The number of nitrogens with one attached hydrogen (secondary N) is 11. The molecule has 478 valence electrons. The van der Waals surface area contributed by atoms with Crippen LogP contribution in [0, 0.1) is 0 Å². The zero-order valence-electron chi connectivity index (χ0n) is 50.7. The zero-order valence-corrected chi connectivity index (χ0v) is 52.3. The predicted octanol–water partition coefficient (Wildman–Crippen LogP) is 1.96. The van der Waals surface area contributed by atoms with Crippen molar-refractivity contribution >= 4 is 94.8 Å². The number of amides is 11. The van der Waals surface area contributed by atoms with Gasteiger partial charge in [0.25, 0.3) is 0 Å². The maximum Gasteiger partial charge on any atom is 0.315 e. The van der Waals surface area contributed by atoms with Crippen LogP contribution in [-0.4, -0.2) is 197 Å². The largest absolute Gasteiger partial charge is 0.356 e. The highest BCUT2D eigenvalue weighted by Crippen LogP contribution is 2.35. The fraction of sp³-hybridized carbons (Fsp3) is 0.793. The van der Waals surface area contributed by atoms with E-state index < -0.39 is 12.1 Å². The van der Waals surface area contributed by atoms with E-state index in [1.807, 2.05) is 23.5 Å². The monoisotopic (exact) mass is 1240 g/mol. The number of carbonyl (C=O) groups excluding carboxylic acids is 9. The Morgan fingerprint density at radius 1 is 0.477 bits per heavy atom. The molecule has 26 nitrogen and oxygen atoms in total. The number of urea groups is 2. The van der Waals surface area contributed by atoms with Crippen LogP contribution in [0.2, 0.25) is 0 Å². The van der Waals surface area contributed by atoms with Gasteiger partial charge in [-0.1, -0.05) is 25.7 Å². The van der Waals surface area contributed by atoms with Crippen molar-refractivity contribution in [2.24, 2.45) is 0 Å². The van der Waals surface area contributed by atoms with Crippen LogP contribution in [0.15, 0.2) is 0 Å². The number of hydrogen-bond acceptors (Lipinski definition) is 17. The summed E-state index contributed by atoms with van der Waals surface area (Å²) in [6, 6.07) is -0.908. The van der Waals surface area contributed by atoms with Gasteiger partial charge in [0.2, 0.25) is 59.2 Å². The number of nitrogens with zero attached hydrogens (tertiary/aromatic N) is 6. The molecule has 7 aliphatic heterocycles. The van der Waals surface area contributed by atoms with Gasteiger partial charge in [-0.15, -0.1) is 0 Å². The lowest BCUT2D eigenvalue weighted by atomic mass is 10.0. The molecule has 1 aromatic heterocycles. The highest BCUT2D eigenvalue weighted by molar-refractivity contribution is 8.00. The molecule has 7 saturated heterocycles. The van der Waals surface area contributed by atoms with Crippen LogP contribution in [0.1, 0.15) is 162 Å². The Bertz CT molecular complexity index is 2330. The molecule has 0 radical (unpaired) electrons. The van der Waals surface area contributed by atoms with Gasteiger partial charge in [-0.05, 0) is 104 Å². The fourth-order valence-electron chi connectivity index (χ4n) is 12.5. The maximum atomic E-state index is 13.3. The molecule has 0 saturated carbocycles. The van der Waals surface area contributed by atoms with Crippen molar-refractivity contribution in [2.45, 2.75) is 227 Å². The SMILES string of the molecule is CC(=O)NC1CCN(c2nc(N3CCC(NC(=O)C(C)NC(=O)CCCCCNC(=O)CCCCC4SCC5NC(=O)NC54)CC3)nc(N3CCC(NC(=O)C(C)NC(=O)CCCCCNC(=O)CCCCC4SCC5NC(=O)NC54)CC3)n2)CC1. The van der Waals surface area contributed by atoms with Crippen molar-refractivity contribution < 1.29 is 43.2 Å². The summed E-state index contributed by atoms with van der Waals surface area (Å²) in [7, 11) is 0. The second kappa shape index (κ2) is 33.3. The average Bonchev–Trinajstić information content (AvgIpc) is 1.89. The molecule has 28 heteroatoms. The van der Waals surface area contributed by atoms with E-state index in [1.165, 1.54) is 6.92 Å². The van der Waals surface area contributed by atoms with Crippen LogP contribution < -0.4 is 73.2 Å². The molecule has 11 amide bonds. The van der Waals surface area contributed by atoms with E-state index in [9.17, 15) is 43.2 Å². The molecule has 0 bridgehead atoms. The average molecular weight is 1240 g/mol. The molecular formula is C58H95N17O9S2. The molecule has 11 N–H and O–H groups in total. The van der Waals surface area contributed by atoms with Gasteiger partial charge < -0.3 is 73.2 Å². The summed E-state index contributed by atoms with van der Waals surface area (Å²) in [6.45, 7) is 9.72. The Kier molecular flexibility index (Phi) is 25.5. The predicted molar refractivity (Wildman–Crippen MR) is 332 cm³/mol. The van der Waals surface area contributed by atoms with Crippen molar-refractivity contribution in [3.63, 3.8) is 0 Å². The Hall–Kier alpha value is -6.06. The number of thioether (sulfide) groups is 2. The van der Waals surface area contributed by atoms with Crippen LogP contribution in [0.5, 0.6) is 0 Å². The third-order valence-corrected chi connectivity index (χ3v) is 20.6. The Labute approximate surface area is 514 Å². The van der Waals surface area contributed by atoms with E-state index in [1.54, 1.807) is 13.8 Å². The minimum absolute atomic E-state index is 0.0329. The smallest absolute Gasteiger partial charge is 0.315 e. The Morgan fingerprint density at radius 3 is 1.20 bits per heavy atom. The van der Waals surface area contributed by atoms with E-state index >= 15 is 0 Å². The standard InChI is InChI=1S/C58H95N17O9S2/c1-36(61-48(79)18-6-4-12-26-59-46(77)16-10-8-14-44-50-42(34-85-44)66-57(83)68-50)52(81)64-40-22-30-74(31-23-40)55-70-54(73-28-20-39(21-29-73)63-38(3)76)71-56(72-55)75-32-24-41(25-33-75)65-53(82)37(2)62-49(80)19-7-5-13-27-60-47(78)17-11-9-15-45-51-43(35-86-45)67-58(84)69-51/h36-37,39-45,50-51H,4-35H2,1-3H3,(H,59,77)(H,60,78)(H,61,79)(H,62,80)(H,63,76)(H,64,81)(H,65,82)(H2,66,68,83)(H2,67,69,84). The molecule has 0 aromatic carbocycles. The number of unbranched alkanes of at least 4 members (excludes halogenated alkanes) is 6. The van der Waals surface area contributed by atoms with E-state index in [2.05, 4.69) is 73.2 Å². The Morgan fingerprint density at radius 2 is 0.826 bits per heavy atom. The van der Waals surface area contributed by atoms with Gasteiger partial charge in [-0.25, -0.2) is 9.59 Å². The third-order valence-electron chi connectivity index (χ3n) is 17.5. The summed E-state index contributed by atoms with van der Waals surface area (Å²) in [4.78, 5) is 133. The van der Waals surface area contributed by atoms with Crippen molar-refractivity contribution in [3.05, 3.63) is 0 Å². The van der Waals surface area contributed by atoms with Crippen LogP contribution in [0.25, 0.3) is 0 Å². The normalized spacial score (nSPS) is 23.8. The summed E-state index contributed by atoms with van der Waals surface area (Å²) < 4.78 is 0. The number of hydrogen-bond donors (Lipinski definition) is 11. The van der Waals surface area contributed by atoms with E-state index in [0.29, 0.717) is 145 Å². The molecule has 8 unspecified atom stereocenters. The number of carbonyl (C=O) groups is 9. The molecule has 0 aliphatic carbocycles. The summed E-state index contributed by atoms with van der Waals surface area (Å²) in [5.41, 5.74) is 0. The fourth-order valence-corrected chi connectivity index (χ4v) is 15.6. The highest BCUT2D eigenvalue weighted by Gasteiger charge is 2.44. The van der Waals surface area contributed by atoms with Gasteiger partial charge in [0.15, 0.2) is 0 Å². The lowest BCUT2D eigenvalue weighted by Crippen LogP contribution is -2.51. The van der Waals surface area contributed by atoms with Gasteiger partial charge in [0.1, 0.15) is 12.1 Å². The van der Waals surface area contributed by atoms with Crippen LogP contribution >= 0.6 is 23.5 Å². The van der Waals surface area contributed by atoms with E-state index in [4.69, 9.17) is 15.0 Å². The first kappa shape index (κ1) is 65.9. The van der Waals surface area contributed by atoms with Gasteiger partial charge in [-0.3, -0.25) is 33.6 Å². The second-order valence-electron chi connectivity index (χ2n) is 24.4. The quantitative estimate of drug-likeness (QED) is 0.0363. The van der Waals surface area contributed by atoms with E-state index in [0.717, 1.165) is 88.6 Å². The summed E-state index contributed by atoms with van der Waals surface area (Å²) >= 11 is 3.77. The molecule has 8 rings (SSSR count). The molecule has 7 fully saturated rings. The van der Waals surface area contributed by atoms with Crippen molar-refractivity contribution in [3.8, 4) is 0 Å². The van der Waals surface area contributed by atoms with Crippen LogP contribution in [-0.2, 0) is 33.6 Å². The third kappa shape index (κ3) is 20.5. The molecule has 7 aliphatic rings. The molecule has 86 heavy (non-hydrogen) atoms. The number of piperidine rings is 3. The topological polar surface area (TPSA) is 334 Å². The van der Waals surface area contributed by atoms with E-state index in [-0.39, 0.29) is 95.7 Å². The van der Waals surface area contributed by atoms with Crippen molar-refractivity contribution in [1.82, 2.24) is 73.4 Å². The van der Waals surface area contributed by atoms with Gasteiger partial charge >= 0.3 is 12.1 Å². The lowest BCUT2D eigenvalue weighted by Gasteiger charge is -2.36. The minimum atomic E-state index is -0.701. The van der Waals surface area contributed by atoms with Crippen LogP contribution in [0.3, 0.4) is 0 Å². The summed E-state index contributed by atoms with van der Waals surface area (Å²) in [5, 5.41) is 33.7. The maximum absolute atomic E-state index is 13.3. The summed E-state index contributed by atoms with van der Waals surface area (Å²) in [6.07, 6.45) is 15.5. The highest BCUT2D eigenvalue weighted by atomic mass is 32.2. The second-order valence-corrected chi connectivity index (χ2v) is 26.9. The number of anilines is 3. The molecule has 8 atom stereocenters. The van der Waals surface area contributed by atoms with Crippen molar-refractivity contribution in [2.75, 3.05) is 78.6 Å². The first-order chi connectivity index (χ1) is 41.5. The Balaban J connectivity index is 0.688.